The number of nitrogens with zero attached hydrogens (tertiary/aromatic N) is 1. The van der Waals surface area contributed by atoms with Crippen molar-refractivity contribution >= 4 is 29.4 Å². The minimum Gasteiger partial charge on any atom is -0.462 e. The largest absolute Gasteiger partial charge is 0.462 e. The van der Waals surface area contributed by atoms with Crippen molar-refractivity contribution in [3.8, 4) is 0 Å². The fourth-order valence-electron chi connectivity index (χ4n) is 5.74. The second-order valence-electron chi connectivity index (χ2n) is 9.94. The number of hydrogen-bond acceptors (Lipinski definition) is 5. The van der Waals surface area contributed by atoms with Crippen LogP contribution in [0.2, 0.25) is 0 Å². The molecule has 3 amide bonds. The number of anilines is 1. The molecule has 0 aromatic heterocycles. The maximum atomic E-state index is 13.2. The summed E-state index contributed by atoms with van der Waals surface area (Å²) >= 11 is 0. The maximum Gasteiger partial charge on any atom is 0.338 e. The molecule has 6 rings (SSSR count). The van der Waals surface area contributed by atoms with Gasteiger partial charge in [-0.25, -0.2) is 4.79 Å². The predicted molar refractivity (Wildman–Crippen MR) is 116 cm³/mol. The molecule has 2 bridgehead atoms. The number of likely N-dealkylation sites (tertiary alicyclic amines) is 1. The van der Waals surface area contributed by atoms with Crippen molar-refractivity contribution in [3.05, 3.63) is 42.0 Å². The van der Waals surface area contributed by atoms with Crippen LogP contribution in [0.15, 0.2) is 36.4 Å². The van der Waals surface area contributed by atoms with Gasteiger partial charge < -0.3 is 10.1 Å². The summed E-state index contributed by atoms with van der Waals surface area (Å²) in [6.45, 7) is 5.85. The van der Waals surface area contributed by atoms with Gasteiger partial charge in [-0.2, -0.15) is 0 Å². The molecule has 1 heterocycles. The molecule has 1 aromatic rings. The number of benzene rings is 1. The van der Waals surface area contributed by atoms with Gasteiger partial charge in [0.25, 0.3) is 0 Å². The second-order valence-corrected chi connectivity index (χ2v) is 9.94. The first kappa shape index (κ1) is 20.9. The van der Waals surface area contributed by atoms with Crippen molar-refractivity contribution in [2.24, 2.45) is 41.4 Å². The Hall–Kier alpha value is -2.96. The van der Waals surface area contributed by atoms with Crippen molar-refractivity contribution in [1.29, 1.82) is 0 Å². The van der Waals surface area contributed by atoms with Crippen LogP contribution in [0, 0.1) is 41.4 Å². The molecule has 168 valence electrons. The van der Waals surface area contributed by atoms with Crippen LogP contribution in [0.5, 0.6) is 0 Å². The molecule has 1 aliphatic heterocycles. The lowest BCUT2D eigenvalue weighted by Crippen LogP contribution is -2.46. The van der Waals surface area contributed by atoms with Crippen LogP contribution in [0.3, 0.4) is 0 Å². The number of esters is 1. The van der Waals surface area contributed by atoms with E-state index in [1.165, 1.54) is 4.90 Å². The number of carbonyl (C=O) groups excluding carboxylic acids is 4. The highest BCUT2D eigenvalue weighted by molar-refractivity contribution is 6.10. The van der Waals surface area contributed by atoms with Crippen molar-refractivity contribution in [2.45, 2.75) is 33.2 Å². The summed E-state index contributed by atoms with van der Waals surface area (Å²) in [4.78, 5) is 52.5. The molecule has 0 unspecified atom stereocenters. The molecule has 32 heavy (non-hydrogen) atoms. The average Bonchev–Trinajstić information content (AvgIpc) is 3.55. The van der Waals surface area contributed by atoms with Gasteiger partial charge in [0, 0.05) is 5.69 Å². The van der Waals surface area contributed by atoms with Gasteiger partial charge in [-0.05, 0) is 67.2 Å². The average molecular weight is 437 g/mol. The molecular weight excluding hydrogens is 408 g/mol. The molecule has 0 spiro atoms. The normalized spacial score (nSPS) is 32.6. The Labute approximate surface area is 187 Å². The lowest BCUT2D eigenvalue weighted by Gasteiger charge is -2.37. The zero-order valence-corrected chi connectivity index (χ0v) is 18.5. The molecule has 1 saturated heterocycles. The van der Waals surface area contributed by atoms with Crippen molar-refractivity contribution in [3.63, 3.8) is 0 Å². The van der Waals surface area contributed by atoms with E-state index < -0.39 is 17.9 Å². The van der Waals surface area contributed by atoms with E-state index in [9.17, 15) is 19.2 Å². The minimum absolute atomic E-state index is 0.134. The maximum absolute atomic E-state index is 13.2. The monoisotopic (exact) mass is 436 g/mol. The summed E-state index contributed by atoms with van der Waals surface area (Å²) in [5.41, 5.74) is 0.883. The minimum atomic E-state index is -0.896. The summed E-state index contributed by atoms with van der Waals surface area (Å²) in [5.74, 6) is -0.324. The van der Waals surface area contributed by atoms with Gasteiger partial charge in [0.15, 0.2) is 0 Å². The third-order valence-corrected chi connectivity index (χ3v) is 7.40. The van der Waals surface area contributed by atoms with E-state index >= 15 is 0 Å². The Morgan fingerprint density at radius 2 is 1.56 bits per heavy atom. The molecule has 7 atom stereocenters. The van der Waals surface area contributed by atoms with Crippen LogP contribution in [0.25, 0.3) is 0 Å². The van der Waals surface area contributed by atoms with Gasteiger partial charge in [-0.15, -0.1) is 0 Å². The van der Waals surface area contributed by atoms with Gasteiger partial charge in [-0.1, -0.05) is 26.0 Å². The van der Waals surface area contributed by atoms with E-state index in [1.54, 1.807) is 31.2 Å². The van der Waals surface area contributed by atoms with E-state index in [-0.39, 0.29) is 41.4 Å². The fourth-order valence-corrected chi connectivity index (χ4v) is 5.74. The summed E-state index contributed by atoms with van der Waals surface area (Å²) in [6, 6.07) is 5.49. The predicted octanol–water partition coefficient (Wildman–Crippen LogP) is 2.88. The smallest absolute Gasteiger partial charge is 0.338 e. The zero-order chi connectivity index (χ0) is 22.7. The lowest BCUT2D eigenvalue weighted by atomic mass is 9.63. The van der Waals surface area contributed by atoms with Gasteiger partial charge in [0.2, 0.25) is 17.7 Å². The quantitative estimate of drug-likeness (QED) is 0.421. The SMILES string of the molecule is CC(C)COC(=O)c1ccc(NC(=O)[C@H](C)N2C(=O)[C@@H]3[C@H]4C=C[C@@H]([C@@H]5C[C@H]45)[C@@H]3C2=O)cc1. The van der Waals surface area contributed by atoms with Gasteiger partial charge in [-0.3, -0.25) is 19.3 Å². The van der Waals surface area contributed by atoms with Crippen LogP contribution in [0.1, 0.15) is 37.6 Å². The van der Waals surface area contributed by atoms with E-state index in [0.717, 1.165) is 6.42 Å². The molecule has 5 aliphatic rings. The third kappa shape index (κ3) is 3.26. The van der Waals surface area contributed by atoms with Crippen molar-refractivity contribution in [2.75, 3.05) is 11.9 Å². The van der Waals surface area contributed by atoms with E-state index in [1.807, 2.05) is 13.8 Å². The third-order valence-electron chi connectivity index (χ3n) is 7.40. The second kappa shape index (κ2) is 7.57. The first-order valence-electron chi connectivity index (χ1n) is 11.4. The first-order valence-corrected chi connectivity index (χ1v) is 11.4. The van der Waals surface area contributed by atoms with Crippen LogP contribution in [-0.2, 0) is 19.1 Å². The summed E-state index contributed by atoms with van der Waals surface area (Å²) in [5, 5.41) is 2.76. The van der Waals surface area contributed by atoms with Crippen LogP contribution >= 0.6 is 0 Å². The Kier molecular flexibility index (Phi) is 4.95. The molecule has 3 fully saturated rings. The lowest BCUT2D eigenvalue weighted by molar-refractivity contribution is -0.146. The molecule has 4 aliphatic carbocycles. The van der Waals surface area contributed by atoms with Crippen molar-refractivity contribution < 1.29 is 23.9 Å². The van der Waals surface area contributed by atoms with Gasteiger partial charge in [0.1, 0.15) is 6.04 Å². The van der Waals surface area contributed by atoms with E-state index in [4.69, 9.17) is 4.74 Å². The van der Waals surface area contributed by atoms with Crippen molar-refractivity contribution in [1.82, 2.24) is 4.90 Å². The number of allylic oxidation sites excluding steroid dienone is 2. The topological polar surface area (TPSA) is 92.8 Å². The summed E-state index contributed by atoms with van der Waals surface area (Å²) < 4.78 is 5.21. The van der Waals surface area contributed by atoms with E-state index in [0.29, 0.717) is 29.7 Å². The molecular formula is C25H28N2O5. The fraction of sp³-hybridized carbons (Fsp3) is 0.520. The molecule has 0 radical (unpaired) electrons. The molecule has 1 aromatic carbocycles. The highest BCUT2D eigenvalue weighted by Crippen LogP contribution is 2.65. The number of ether oxygens (including phenoxy) is 1. The number of nitrogens with one attached hydrogen (secondary N) is 1. The Morgan fingerprint density at radius 1 is 1.00 bits per heavy atom. The first-order chi connectivity index (χ1) is 15.3. The van der Waals surface area contributed by atoms with Crippen LogP contribution in [-0.4, -0.2) is 41.2 Å². The number of amides is 3. The summed E-state index contributed by atoms with van der Waals surface area (Å²) in [6.07, 6.45) is 5.34. The number of hydrogen-bond donors (Lipinski definition) is 1. The highest BCUT2D eigenvalue weighted by atomic mass is 16.5. The van der Waals surface area contributed by atoms with Gasteiger partial charge in [0.05, 0.1) is 24.0 Å². The standard InChI is InChI=1S/C25H28N2O5/c1-12(2)11-32-25(31)14-4-6-15(7-5-14)26-22(28)13(3)27-23(29)20-16-8-9-17(19-10-18(16)19)21(20)24(27)30/h4-9,12-13,16-21H,10-11H2,1-3H3,(H,26,28)/t13-,16-,17-,18-,19+,20-,21+/m0/s1. The Bertz CT molecular complexity index is 978. The van der Waals surface area contributed by atoms with Crippen LogP contribution in [0.4, 0.5) is 5.69 Å². The molecule has 2 saturated carbocycles. The number of carbonyl (C=O) groups is 4. The number of imide groups is 1. The Balaban J connectivity index is 1.24. The molecule has 7 nitrogen and oxygen atoms in total. The van der Waals surface area contributed by atoms with Gasteiger partial charge >= 0.3 is 5.97 Å². The molecule has 1 N–H and O–H groups in total. The van der Waals surface area contributed by atoms with Crippen LogP contribution < -0.4 is 5.32 Å². The Morgan fingerprint density at radius 3 is 2.09 bits per heavy atom. The molecule has 7 heteroatoms. The number of rotatable bonds is 6. The zero-order valence-electron chi connectivity index (χ0n) is 18.5. The van der Waals surface area contributed by atoms with E-state index in [2.05, 4.69) is 17.5 Å². The highest BCUT2D eigenvalue weighted by Gasteiger charge is 2.67. The summed E-state index contributed by atoms with van der Waals surface area (Å²) in [7, 11) is 0.